The molecule has 152 valence electrons. The molecule has 1 N–H and O–H groups in total. The molecule has 8 heteroatoms. The number of halogens is 2. The molecule has 0 saturated heterocycles. The van der Waals surface area contributed by atoms with Gasteiger partial charge in [0.1, 0.15) is 29.8 Å². The largest absolute Gasteiger partial charge is 0.486 e. The summed E-state index contributed by atoms with van der Waals surface area (Å²) in [7, 11) is 0. The van der Waals surface area contributed by atoms with Crippen molar-refractivity contribution in [1.29, 1.82) is 0 Å². The molecule has 6 nitrogen and oxygen atoms in total. The van der Waals surface area contributed by atoms with E-state index in [2.05, 4.69) is 10.4 Å². The van der Waals surface area contributed by atoms with E-state index in [-0.39, 0.29) is 24.0 Å². The Hall–Kier alpha value is -3.94. The maximum Gasteiger partial charge on any atom is 0.291 e. The zero-order valence-electron chi connectivity index (χ0n) is 15.7. The van der Waals surface area contributed by atoms with Crippen LogP contribution in [-0.4, -0.2) is 15.7 Å². The minimum atomic E-state index is -0.437. The number of carbonyl (C=O) groups excluding carboxylic acids is 1. The standard InChI is InChI=1S/C22H17F2N3O3/c23-16-4-6-19(7-5-16)29-14-20-8-9-21(30-20)22(28)26-18-11-25-27(13-18)12-15-2-1-3-17(24)10-15/h1-11,13H,12,14H2,(H,26,28). The first-order valence-corrected chi connectivity index (χ1v) is 9.10. The lowest BCUT2D eigenvalue weighted by Gasteiger charge is -2.04. The van der Waals surface area contributed by atoms with Gasteiger partial charge in [0.2, 0.25) is 0 Å². The predicted octanol–water partition coefficient (Wildman–Crippen LogP) is 4.63. The van der Waals surface area contributed by atoms with Crippen molar-refractivity contribution in [3.8, 4) is 5.75 Å². The molecule has 0 unspecified atom stereocenters. The van der Waals surface area contributed by atoms with E-state index in [1.807, 2.05) is 0 Å². The lowest BCUT2D eigenvalue weighted by molar-refractivity contribution is 0.0992. The van der Waals surface area contributed by atoms with E-state index in [0.29, 0.717) is 23.7 Å². The number of hydrogen-bond donors (Lipinski definition) is 1. The van der Waals surface area contributed by atoms with Gasteiger partial charge in [-0.15, -0.1) is 0 Å². The Kier molecular flexibility index (Phi) is 5.56. The van der Waals surface area contributed by atoms with Crippen molar-refractivity contribution < 1.29 is 22.7 Å². The van der Waals surface area contributed by atoms with Gasteiger partial charge in [0, 0.05) is 6.20 Å². The summed E-state index contributed by atoms with van der Waals surface area (Å²) in [6.45, 7) is 0.476. The molecule has 2 aromatic carbocycles. The van der Waals surface area contributed by atoms with Crippen molar-refractivity contribution >= 4 is 11.6 Å². The van der Waals surface area contributed by atoms with Crippen LogP contribution in [0.1, 0.15) is 21.9 Å². The number of nitrogens with one attached hydrogen (secondary N) is 1. The van der Waals surface area contributed by atoms with Crippen molar-refractivity contribution in [1.82, 2.24) is 9.78 Å². The Bertz CT molecular complexity index is 1150. The molecule has 0 aliphatic heterocycles. The number of carbonyl (C=O) groups is 1. The van der Waals surface area contributed by atoms with Crippen LogP contribution in [0.25, 0.3) is 0 Å². The summed E-state index contributed by atoms with van der Waals surface area (Å²) in [4.78, 5) is 12.4. The molecule has 0 bridgehead atoms. The highest BCUT2D eigenvalue weighted by molar-refractivity contribution is 6.02. The van der Waals surface area contributed by atoms with Crippen LogP contribution in [0.2, 0.25) is 0 Å². The van der Waals surface area contributed by atoms with Crippen molar-refractivity contribution in [2.24, 2.45) is 0 Å². The van der Waals surface area contributed by atoms with Crippen LogP contribution in [0.4, 0.5) is 14.5 Å². The van der Waals surface area contributed by atoms with E-state index in [4.69, 9.17) is 9.15 Å². The third-order valence-electron chi connectivity index (χ3n) is 4.20. The molecule has 0 spiro atoms. The maximum absolute atomic E-state index is 13.3. The Morgan fingerprint density at radius 2 is 1.90 bits per heavy atom. The number of amides is 1. The van der Waals surface area contributed by atoms with Crippen LogP contribution in [-0.2, 0) is 13.2 Å². The first-order chi connectivity index (χ1) is 14.5. The van der Waals surface area contributed by atoms with Crippen molar-refractivity contribution in [3.63, 3.8) is 0 Å². The molecule has 0 radical (unpaired) electrons. The summed E-state index contributed by atoms with van der Waals surface area (Å²) in [5, 5.41) is 6.86. The van der Waals surface area contributed by atoms with Crippen molar-refractivity contribution in [3.05, 3.63) is 102 Å². The fraction of sp³-hybridized carbons (Fsp3) is 0.0909. The maximum atomic E-state index is 13.3. The summed E-state index contributed by atoms with van der Waals surface area (Å²) >= 11 is 0. The van der Waals surface area contributed by atoms with Crippen molar-refractivity contribution in [2.45, 2.75) is 13.2 Å². The van der Waals surface area contributed by atoms with Crippen LogP contribution in [0.3, 0.4) is 0 Å². The zero-order chi connectivity index (χ0) is 20.9. The molecule has 1 amide bonds. The minimum Gasteiger partial charge on any atom is -0.486 e. The fourth-order valence-electron chi connectivity index (χ4n) is 2.79. The summed E-state index contributed by atoms with van der Waals surface area (Å²) < 4.78 is 38.8. The van der Waals surface area contributed by atoms with Gasteiger partial charge in [-0.3, -0.25) is 9.48 Å². The molecule has 0 aliphatic carbocycles. The molecular weight excluding hydrogens is 392 g/mol. The second kappa shape index (κ2) is 8.60. The molecule has 0 aliphatic rings. The number of nitrogens with zero attached hydrogens (tertiary/aromatic N) is 2. The highest BCUT2D eigenvalue weighted by Crippen LogP contribution is 2.16. The Morgan fingerprint density at radius 1 is 1.07 bits per heavy atom. The van der Waals surface area contributed by atoms with Gasteiger partial charge in [0.25, 0.3) is 5.91 Å². The van der Waals surface area contributed by atoms with Crippen molar-refractivity contribution in [2.75, 3.05) is 5.32 Å². The van der Waals surface area contributed by atoms with Crippen LogP contribution in [0.15, 0.2) is 77.5 Å². The number of rotatable bonds is 7. The molecule has 0 atom stereocenters. The third kappa shape index (κ3) is 4.91. The van der Waals surface area contributed by atoms with Crippen LogP contribution >= 0.6 is 0 Å². The van der Waals surface area contributed by atoms with Crippen LogP contribution < -0.4 is 10.1 Å². The quantitative estimate of drug-likeness (QED) is 0.483. The van der Waals surface area contributed by atoms with Gasteiger partial charge in [0.05, 0.1) is 18.4 Å². The molecule has 2 aromatic heterocycles. The minimum absolute atomic E-state index is 0.102. The molecule has 30 heavy (non-hydrogen) atoms. The average molecular weight is 409 g/mol. The first-order valence-electron chi connectivity index (χ1n) is 9.10. The van der Waals surface area contributed by atoms with E-state index >= 15 is 0 Å². The molecular formula is C22H17F2N3O3. The normalized spacial score (nSPS) is 10.7. The number of aromatic nitrogens is 2. The molecule has 4 aromatic rings. The average Bonchev–Trinajstić information content (AvgIpc) is 3.37. The van der Waals surface area contributed by atoms with E-state index in [0.717, 1.165) is 5.56 Å². The number of anilines is 1. The number of ether oxygens (including phenoxy) is 1. The zero-order valence-corrected chi connectivity index (χ0v) is 15.7. The monoisotopic (exact) mass is 409 g/mol. The van der Waals surface area contributed by atoms with E-state index in [1.165, 1.54) is 48.7 Å². The summed E-state index contributed by atoms with van der Waals surface area (Å²) in [5.74, 6) is -0.0431. The second-order valence-corrected chi connectivity index (χ2v) is 6.52. The first kappa shape index (κ1) is 19.4. The molecule has 4 rings (SSSR count). The predicted molar refractivity (Wildman–Crippen MR) is 105 cm³/mol. The summed E-state index contributed by atoms with van der Waals surface area (Å²) in [6.07, 6.45) is 3.14. The lowest BCUT2D eigenvalue weighted by atomic mass is 10.2. The molecule has 0 saturated carbocycles. The lowest BCUT2D eigenvalue weighted by Crippen LogP contribution is -2.10. The number of benzene rings is 2. The third-order valence-corrected chi connectivity index (χ3v) is 4.20. The van der Waals surface area contributed by atoms with E-state index < -0.39 is 5.91 Å². The smallest absolute Gasteiger partial charge is 0.291 e. The Labute approximate surface area is 170 Å². The highest BCUT2D eigenvalue weighted by atomic mass is 19.1. The van der Waals surface area contributed by atoms with Gasteiger partial charge in [-0.25, -0.2) is 8.78 Å². The van der Waals surface area contributed by atoms with E-state index in [9.17, 15) is 13.6 Å². The summed E-state index contributed by atoms with van der Waals surface area (Å²) in [6, 6.07) is 15.0. The van der Waals surface area contributed by atoms with Gasteiger partial charge in [-0.1, -0.05) is 12.1 Å². The SMILES string of the molecule is O=C(Nc1cnn(Cc2cccc(F)c2)c1)c1ccc(COc2ccc(F)cc2)o1. The number of furan rings is 1. The topological polar surface area (TPSA) is 69.3 Å². The second-order valence-electron chi connectivity index (χ2n) is 6.52. The highest BCUT2D eigenvalue weighted by Gasteiger charge is 2.13. The molecule has 2 heterocycles. The van der Waals surface area contributed by atoms with Crippen LogP contribution in [0, 0.1) is 11.6 Å². The van der Waals surface area contributed by atoms with Crippen LogP contribution in [0.5, 0.6) is 5.75 Å². The fourth-order valence-corrected chi connectivity index (χ4v) is 2.79. The van der Waals surface area contributed by atoms with Gasteiger partial charge in [0.15, 0.2) is 5.76 Å². The van der Waals surface area contributed by atoms with Gasteiger partial charge in [-0.2, -0.15) is 5.10 Å². The molecule has 0 fully saturated rings. The summed E-state index contributed by atoms with van der Waals surface area (Å²) in [5.41, 5.74) is 1.24. The van der Waals surface area contributed by atoms with Gasteiger partial charge in [-0.05, 0) is 54.1 Å². The number of hydrogen-bond acceptors (Lipinski definition) is 4. The van der Waals surface area contributed by atoms with Gasteiger partial charge >= 0.3 is 0 Å². The van der Waals surface area contributed by atoms with Gasteiger partial charge < -0.3 is 14.5 Å². The van der Waals surface area contributed by atoms with E-state index in [1.54, 1.807) is 29.1 Å². The Balaban J connectivity index is 1.33. The Morgan fingerprint density at radius 3 is 2.70 bits per heavy atom.